The first-order valence-electron chi connectivity index (χ1n) is 17.6. The summed E-state index contributed by atoms with van der Waals surface area (Å²) in [5.74, 6) is 0.728. The summed E-state index contributed by atoms with van der Waals surface area (Å²) in [6.45, 7) is 6.42. The minimum absolute atomic E-state index is 0.728. The first-order chi connectivity index (χ1) is 25.2. The number of nitrogens with zero attached hydrogens (tertiary/aromatic N) is 2. The van der Waals surface area contributed by atoms with Gasteiger partial charge in [-0.3, -0.25) is 0 Å². The van der Waals surface area contributed by atoms with Gasteiger partial charge in [0.25, 0.3) is 0 Å². The van der Waals surface area contributed by atoms with E-state index in [1.807, 2.05) is 18.2 Å². The Bertz CT molecular complexity index is 2710. The quantitative estimate of drug-likeness (QED) is 0.189. The molecule has 1 heterocycles. The minimum Gasteiger partial charge on any atom is -0.228 e. The van der Waals surface area contributed by atoms with Gasteiger partial charge in [-0.2, -0.15) is 0 Å². The number of fused-ring (bicyclic) bond motifs is 7. The average Bonchev–Trinajstić information content (AvgIpc) is 3.18. The number of aromatic nitrogens is 2. The third-order valence-electron chi connectivity index (χ3n) is 10.2. The van der Waals surface area contributed by atoms with Crippen molar-refractivity contribution in [1.82, 2.24) is 9.97 Å². The highest BCUT2D eigenvalue weighted by atomic mass is 14.9. The van der Waals surface area contributed by atoms with Crippen molar-refractivity contribution in [3.05, 3.63) is 198 Å². The molecule has 2 heteroatoms. The van der Waals surface area contributed by atoms with Crippen LogP contribution in [0.2, 0.25) is 0 Å². The van der Waals surface area contributed by atoms with Crippen LogP contribution >= 0.6 is 0 Å². The number of rotatable bonds is 4. The van der Waals surface area contributed by atoms with Gasteiger partial charge in [-0.25, -0.2) is 9.97 Å². The van der Waals surface area contributed by atoms with Gasteiger partial charge in [-0.1, -0.05) is 146 Å². The summed E-state index contributed by atoms with van der Waals surface area (Å²) < 4.78 is 0. The van der Waals surface area contributed by atoms with Crippen LogP contribution in [0, 0.1) is 0 Å². The van der Waals surface area contributed by atoms with Crippen LogP contribution < -0.4 is 0 Å². The van der Waals surface area contributed by atoms with Crippen molar-refractivity contribution in [2.75, 3.05) is 0 Å². The fraction of sp³-hybridized carbons (Fsp3) is 0.0612. The van der Waals surface area contributed by atoms with Crippen LogP contribution in [0.5, 0.6) is 0 Å². The van der Waals surface area contributed by atoms with Crippen LogP contribution in [0.25, 0.3) is 71.8 Å². The van der Waals surface area contributed by atoms with Crippen molar-refractivity contribution in [2.24, 2.45) is 0 Å². The van der Waals surface area contributed by atoms with E-state index in [1.165, 1.54) is 66.1 Å². The molecular weight excluding hydrogens is 617 g/mol. The summed E-state index contributed by atoms with van der Waals surface area (Å²) in [4.78, 5) is 10.3. The lowest BCUT2D eigenvalue weighted by Crippen LogP contribution is -2.04. The number of hydrogen-bond acceptors (Lipinski definition) is 2. The van der Waals surface area contributed by atoms with E-state index in [-0.39, 0.29) is 0 Å². The molecule has 9 rings (SSSR count). The summed E-state index contributed by atoms with van der Waals surface area (Å²) >= 11 is 0. The molecule has 51 heavy (non-hydrogen) atoms. The highest BCUT2D eigenvalue weighted by molar-refractivity contribution is 5.98. The smallest absolute Gasteiger partial charge is 0.160 e. The van der Waals surface area contributed by atoms with Gasteiger partial charge in [0, 0.05) is 16.5 Å². The number of benzene rings is 7. The molecule has 0 atom stereocenters. The highest BCUT2D eigenvalue weighted by Gasteiger charge is 2.20. The molecule has 0 spiro atoms. The number of allylic oxidation sites excluding steroid dienone is 5. The van der Waals surface area contributed by atoms with Gasteiger partial charge in [0.15, 0.2) is 5.82 Å². The fourth-order valence-corrected chi connectivity index (χ4v) is 7.79. The van der Waals surface area contributed by atoms with Gasteiger partial charge < -0.3 is 0 Å². The molecule has 0 saturated carbocycles. The second-order valence-electron chi connectivity index (χ2n) is 13.4. The molecule has 0 fully saturated rings. The third-order valence-corrected chi connectivity index (χ3v) is 10.2. The second kappa shape index (κ2) is 12.8. The van der Waals surface area contributed by atoms with E-state index in [2.05, 4.69) is 159 Å². The van der Waals surface area contributed by atoms with E-state index >= 15 is 0 Å². The molecule has 1 aliphatic carbocycles. The molecule has 8 aromatic rings. The molecular formula is C49H36N2. The zero-order chi connectivity index (χ0) is 34.3. The standard InChI is InChI=1S/C49H36N2/c1-3-14-36-26-41-29-39-28-38(49-50-47-22-13-12-21-44(47)48(51-49)32-15-6-5-7-16-32)24-23-35(39)31-46(41)45-30-34-18-9-8-17-33(34)25-40(45)27-37-19-10-11-20-43(37)42(36)4-2/h3-25,28-31H,2,26-27H2,1H3/b14-3-,42-36-. The van der Waals surface area contributed by atoms with Crippen LogP contribution in [0.1, 0.15) is 29.2 Å². The van der Waals surface area contributed by atoms with Gasteiger partial charge >= 0.3 is 0 Å². The van der Waals surface area contributed by atoms with Gasteiger partial charge in [-0.05, 0) is 110 Å². The molecule has 0 unspecified atom stereocenters. The minimum atomic E-state index is 0.728. The van der Waals surface area contributed by atoms with E-state index in [0.717, 1.165) is 46.4 Å². The zero-order valence-corrected chi connectivity index (χ0v) is 28.6. The molecule has 242 valence electrons. The van der Waals surface area contributed by atoms with Crippen LogP contribution in [-0.4, -0.2) is 9.97 Å². The predicted molar refractivity (Wildman–Crippen MR) is 216 cm³/mol. The second-order valence-corrected chi connectivity index (χ2v) is 13.4. The van der Waals surface area contributed by atoms with E-state index in [9.17, 15) is 0 Å². The van der Waals surface area contributed by atoms with E-state index in [4.69, 9.17) is 9.97 Å². The lowest BCUT2D eigenvalue weighted by Gasteiger charge is -2.22. The summed E-state index contributed by atoms with van der Waals surface area (Å²) in [6.07, 6.45) is 8.05. The molecule has 1 aromatic heterocycles. The van der Waals surface area contributed by atoms with E-state index in [0.29, 0.717) is 0 Å². The maximum absolute atomic E-state index is 5.18. The predicted octanol–water partition coefficient (Wildman–Crippen LogP) is 12.6. The molecule has 0 saturated heterocycles. The van der Waals surface area contributed by atoms with Gasteiger partial charge in [-0.15, -0.1) is 0 Å². The monoisotopic (exact) mass is 652 g/mol. The highest BCUT2D eigenvalue weighted by Crippen LogP contribution is 2.40. The van der Waals surface area contributed by atoms with Crippen molar-refractivity contribution in [2.45, 2.75) is 19.8 Å². The Balaban J connectivity index is 1.29. The van der Waals surface area contributed by atoms with Crippen LogP contribution in [0.15, 0.2) is 176 Å². The molecule has 0 bridgehead atoms. The van der Waals surface area contributed by atoms with Crippen molar-refractivity contribution < 1.29 is 0 Å². The molecule has 7 aromatic carbocycles. The lowest BCUT2D eigenvalue weighted by atomic mass is 9.82. The molecule has 0 N–H and O–H groups in total. The van der Waals surface area contributed by atoms with Gasteiger partial charge in [0.05, 0.1) is 11.2 Å². The maximum Gasteiger partial charge on any atom is 0.160 e. The molecule has 1 aliphatic rings. The Morgan fingerprint density at radius 2 is 1.20 bits per heavy atom. The fourth-order valence-electron chi connectivity index (χ4n) is 7.79. The molecule has 0 aliphatic heterocycles. The summed E-state index contributed by atoms with van der Waals surface area (Å²) in [7, 11) is 0. The van der Waals surface area contributed by atoms with Gasteiger partial charge in [0.1, 0.15) is 0 Å². The lowest BCUT2D eigenvalue weighted by molar-refractivity contribution is 1.15. The summed E-state index contributed by atoms with van der Waals surface area (Å²) in [5, 5.41) is 5.93. The molecule has 0 radical (unpaired) electrons. The van der Waals surface area contributed by atoms with Crippen molar-refractivity contribution >= 4 is 38.0 Å². The first-order valence-corrected chi connectivity index (χ1v) is 17.6. The van der Waals surface area contributed by atoms with Crippen molar-refractivity contribution in [1.29, 1.82) is 0 Å². The Morgan fingerprint density at radius 3 is 2.00 bits per heavy atom. The Hall–Kier alpha value is -6.38. The molecule has 0 amide bonds. The Labute approximate surface area is 298 Å². The SMILES string of the molecule is C=C/C1=C(\C=C/C)Cc2cc3cc(-c4nc(-c5ccccc5)c5ccccc5n4)ccc3cc2-c2cc3ccccc3cc2Cc2ccccc21. The maximum atomic E-state index is 5.18. The Morgan fingerprint density at radius 1 is 0.529 bits per heavy atom. The summed E-state index contributed by atoms with van der Waals surface area (Å²) in [5.41, 5.74) is 14.1. The van der Waals surface area contributed by atoms with Crippen molar-refractivity contribution in [3.8, 4) is 33.8 Å². The average molecular weight is 653 g/mol. The van der Waals surface area contributed by atoms with E-state index < -0.39 is 0 Å². The normalized spacial score (nSPS) is 14.4. The van der Waals surface area contributed by atoms with Gasteiger partial charge in [0.2, 0.25) is 0 Å². The topological polar surface area (TPSA) is 25.8 Å². The summed E-state index contributed by atoms with van der Waals surface area (Å²) in [6, 6.07) is 52.5. The van der Waals surface area contributed by atoms with E-state index in [1.54, 1.807) is 0 Å². The van der Waals surface area contributed by atoms with Crippen LogP contribution in [-0.2, 0) is 12.8 Å². The first kappa shape index (κ1) is 30.7. The Kier molecular flexibility index (Phi) is 7.71. The zero-order valence-electron chi connectivity index (χ0n) is 28.6. The van der Waals surface area contributed by atoms with Crippen molar-refractivity contribution in [3.63, 3.8) is 0 Å². The number of para-hydroxylation sites is 1. The number of hydrogen-bond donors (Lipinski definition) is 0. The third kappa shape index (κ3) is 5.56. The largest absolute Gasteiger partial charge is 0.228 e. The van der Waals surface area contributed by atoms with Crippen LogP contribution in [0.3, 0.4) is 0 Å². The molecule has 2 nitrogen and oxygen atoms in total. The van der Waals surface area contributed by atoms with Crippen LogP contribution in [0.4, 0.5) is 0 Å².